The smallest absolute Gasteiger partial charge is 0.328 e. The molecule has 6 heteroatoms. The Morgan fingerprint density at radius 3 is 2.69 bits per heavy atom. The molecule has 2 atom stereocenters. The van der Waals surface area contributed by atoms with Gasteiger partial charge in [-0.3, -0.25) is 4.68 Å². The number of rotatable bonds is 5. The molecule has 0 spiro atoms. The molecule has 3 aliphatic rings. The second-order valence-electron chi connectivity index (χ2n) is 11.0. The van der Waals surface area contributed by atoms with E-state index in [1.165, 1.54) is 36.1 Å². The Morgan fingerprint density at radius 1 is 1.10 bits per heavy atom. The maximum atomic E-state index is 16.2. The minimum atomic E-state index is -1.05. The van der Waals surface area contributed by atoms with Gasteiger partial charge >= 0.3 is 5.97 Å². The van der Waals surface area contributed by atoms with E-state index in [0.29, 0.717) is 17.0 Å². The van der Waals surface area contributed by atoms with E-state index >= 15 is 4.39 Å². The van der Waals surface area contributed by atoms with E-state index in [0.717, 1.165) is 52.5 Å². The van der Waals surface area contributed by atoms with E-state index in [1.807, 2.05) is 16.9 Å². The van der Waals surface area contributed by atoms with Crippen LogP contribution in [0, 0.1) is 5.82 Å². The number of anilines is 1. The first-order valence-corrected chi connectivity index (χ1v) is 13.7. The molecule has 4 aromatic rings. The van der Waals surface area contributed by atoms with Gasteiger partial charge in [-0.05, 0) is 103 Å². The van der Waals surface area contributed by atoms with E-state index in [4.69, 9.17) is 5.11 Å². The lowest BCUT2D eigenvalue weighted by Crippen LogP contribution is -2.45. The van der Waals surface area contributed by atoms with Gasteiger partial charge in [-0.25, -0.2) is 9.18 Å². The van der Waals surface area contributed by atoms with Crippen LogP contribution >= 0.6 is 0 Å². The molecule has 1 aliphatic carbocycles. The van der Waals surface area contributed by atoms with E-state index < -0.39 is 5.97 Å². The predicted molar refractivity (Wildman–Crippen MR) is 151 cm³/mol. The van der Waals surface area contributed by atoms with Crippen molar-refractivity contribution < 1.29 is 14.3 Å². The fourth-order valence-corrected chi connectivity index (χ4v) is 6.47. The summed E-state index contributed by atoms with van der Waals surface area (Å²) in [7, 11) is 0. The quantitative estimate of drug-likeness (QED) is 0.283. The van der Waals surface area contributed by atoms with Crippen LogP contribution in [-0.2, 0) is 17.8 Å². The minimum absolute atomic E-state index is 0.167. The average Bonchev–Trinajstić information content (AvgIpc) is 3.67. The molecular formula is C33H30FN3O2. The highest BCUT2D eigenvalue weighted by Gasteiger charge is 2.41. The first-order chi connectivity index (χ1) is 18.9. The number of hydrogen-bond donors (Lipinski definition) is 1. The van der Waals surface area contributed by atoms with Crippen molar-refractivity contribution in [1.29, 1.82) is 0 Å². The number of carbonyl (C=O) groups is 1. The van der Waals surface area contributed by atoms with Crippen molar-refractivity contribution in [2.75, 3.05) is 4.90 Å². The van der Waals surface area contributed by atoms with Crippen LogP contribution in [0.25, 0.3) is 28.3 Å². The molecule has 1 N–H and O–H groups in total. The van der Waals surface area contributed by atoms with Gasteiger partial charge in [-0.2, -0.15) is 5.10 Å². The van der Waals surface area contributed by atoms with Crippen LogP contribution in [0.15, 0.2) is 67.0 Å². The minimum Gasteiger partial charge on any atom is -0.478 e. The molecule has 2 aliphatic heterocycles. The fraction of sp³-hybridized carbons (Fsp3) is 0.273. The summed E-state index contributed by atoms with van der Waals surface area (Å²) in [5.74, 6) is -0.777. The summed E-state index contributed by atoms with van der Waals surface area (Å²) in [5, 5.41) is 13.6. The molecule has 1 saturated carbocycles. The largest absolute Gasteiger partial charge is 0.478 e. The number of aliphatic carboxylic acids is 1. The summed E-state index contributed by atoms with van der Waals surface area (Å²) in [6.07, 6.45) is 9.76. The van der Waals surface area contributed by atoms with Gasteiger partial charge in [0.1, 0.15) is 5.82 Å². The van der Waals surface area contributed by atoms with Crippen molar-refractivity contribution in [3.05, 3.63) is 101 Å². The number of carboxylic acid groups (broad SMARTS) is 1. The molecule has 39 heavy (non-hydrogen) atoms. The Hall–Kier alpha value is -4.19. The van der Waals surface area contributed by atoms with Gasteiger partial charge < -0.3 is 10.0 Å². The Balaban J connectivity index is 1.42. The number of fused-ring (bicyclic) bond motifs is 8. The van der Waals surface area contributed by atoms with E-state index in [9.17, 15) is 4.79 Å². The molecule has 7 rings (SSSR count). The highest BCUT2D eigenvalue weighted by molar-refractivity contribution is 5.90. The molecule has 3 heterocycles. The van der Waals surface area contributed by atoms with E-state index in [-0.39, 0.29) is 17.9 Å². The summed E-state index contributed by atoms with van der Waals surface area (Å²) in [6, 6.07) is 16.5. The average molecular weight is 520 g/mol. The molecule has 0 saturated heterocycles. The van der Waals surface area contributed by atoms with Crippen molar-refractivity contribution in [3.8, 4) is 22.3 Å². The number of halogens is 1. The Kier molecular flexibility index (Phi) is 5.48. The second-order valence-corrected chi connectivity index (χ2v) is 11.0. The molecule has 0 amide bonds. The third-order valence-corrected chi connectivity index (χ3v) is 8.48. The Bertz CT molecular complexity index is 1670. The highest BCUT2D eigenvalue weighted by atomic mass is 19.1. The van der Waals surface area contributed by atoms with Gasteiger partial charge in [-0.1, -0.05) is 24.3 Å². The maximum Gasteiger partial charge on any atom is 0.328 e. The van der Waals surface area contributed by atoms with Crippen LogP contribution in [0.5, 0.6) is 0 Å². The predicted octanol–water partition coefficient (Wildman–Crippen LogP) is 7.21. The first-order valence-electron chi connectivity index (χ1n) is 13.7. The topological polar surface area (TPSA) is 58.4 Å². The second kappa shape index (κ2) is 8.94. The summed E-state index contributed by atoms with van der Waals surface area (Å²) >= 11 is 0. The zero-order chi connectivity index (χ0) is 26.8. The molecule has 5 nitrogen and oxygen atoms in total. The number of nitrogens with zero attached hydrogens (tertiary/aromatic N) is 3. The molecule has 0 unspecified atom stereocenters. The van der Waals surface area contributed by atoms with Crippen LogP contribution in [0.1, 0.15) is 66.5 Å². The van der Waals surface area contributed by atoms with E-state index in [1.54, 1.807) is 0 Å². The van der Waals surface area contributed by atoms with Crippen molar-refractivity contribution >= 4 is 17.7 Å². The number of aromatic nitrogens is 2. The van der Waals surface area contributed by atoms with Crippen molar-refractivity contribution in [1.82, 2.24) is 9.78 Å². The highest BCUT2D eigenvalue weighted by Crippen LogP contribution is 2.54. The zero-order valence-corrected chi connectivity index (χ0v) is 22.1. The number of benzene rings is 3. The van der Waals surface area contributed by atoms with Crippen LogP contribution < -0.4 is 4.90 Å². The number of carboxylic acids is 1. The summed E-state index contributed by atoms with van der Waals surface area (Å²) in [5.41, 5.74) is 10.1. The molecule has 0 radical (unpaired) electrons. The third kappa shape index (κ3) is 3.97. The van der Waals surface area contributed by atoms with Gasteiger partial charge in [0.05, 0.1) is 12.2 Å². The van der Waals surface area contributed by atoms with Gasteiger partial charge in [0.15, 0.2) is 0 Å². The van der Waals surface area contributed by atoms with Crippen molar-refractivity contribution in [2.45, 2.75) is 57.7 Å². The standard InChI is InChI=1S/C33H30FN3O2/c1-3-36-18-25(17-35-36)22-7-9-26-24(15-22)12-19(2)37-30-10-8-23(21-5-6-21)16-27(30)28-13-20(4-11-31(38)39)14-29(34)32(28)33(26)37/h4,7-11,13-19,21,33H,3,5-6,12H2,1-2H3,(H,38,39)/b11-4+/t19-,33+/m0/s1. The van der Waals surface area contributed by atoms with Gasteiger partial charge in [-0.15, -0.1) is 0 Å². The van der Waals surface area contributed by atoms with Crippen LogP contribution in [-0.4, -0.2) is 26.9 Å². The van der Waals surface area contributed by atoms with Crippen LogP contribution in [0.3, 0.4) is 0 Å². The number of hydrogen-bond acceptors (Lipinski definition) is 3. The van der Waals surface area contributed by atoms with Crippen LogP contribution in [0.2, 0.25) is 0 Å². The SMILES string of the molecule is CCn1cc(-c2ccc3c(c2)C[C@H](C)N2c4ccc(C5CC5)cc4-c4cc(/C=C/C(=O)O)cc(F)c4[C@@H]32)cn1. The third-order valence-electron chi connectivity index (χ3n) is 8.48. The lowest BCUT2D eigenvalue weighted by Gasteiger charge is -2.48. The first kappa shape index (κ1) is 23.9. The molecule has 196 valence electrons. The Morgan fingerprint density at radius 2 is 1.95 bits per heavy atom. The summed E-state index contributed by atoms with van der Waals surface area (Å²) in [4.78, 5) is 13.6. The molecule has 3 aromatic carbocycles. The molecule has 1 aromatic heterocycles. The van der Waals surface area contributed by atoms with Crippen LogP contribution in [0.4, 0.5) is 10.1 Å². The van der Waals surface area contributed by atoms with Crippen molar-refractivity contribution in [2.24, 2.45) is 0 Å². The van der Waals surface area contributed by atoms with Crippen molar-refractivity contribution in [3.63, 3.8) is 0 Å². The zero-order valence-electron chi connectivity index (χ0n) is 22.1. The van der Waals surface area contributed by atoms with Gasteiger partial charge in [0, 0.05) is 47.2 Å². The lowest BCUT2D eigenvalue weighted by atomic mass is 9.77. The monoisotopic (exact) mass is 519 g/mol. The van der Waals surface area contributed by atoms with E-state index in [2.05, 4.69) is 66.4 Å². The Labute approximate surface area is 227 Å². The molecule has 0 bridgehead atoms. The molecule has 1 fully saturated rings. The van der Waals surface area contributed by atoms with Gasteiger partial charge in [0.2, 0.25) is 0 Å². The normalized spacial score (nSPS) is 19.4. The summed E-state index contributed by atoms with van der Waals surface area (Å²) < 4.78 is 18.1. The maximum absolute atomic E-state index is 16.2. The number of aryl methyl sites for hydroxylation is 1. The molecular weight excluding hydrogens is 489 g/mol. The summed E-state index contributed by atoms with van der Waals surface area (Å²) in [6.45, 7) is 5.12. The van der Waals surface area contributed by atoms with Gasteiger partial charge in [0.25, 0.3) is 0 Å². The lowest BCUT2D eigenvalue weighted by molar-refractivity contribution is -0.131. The fourth-order valence-electron chi connectivity index (χ4n) is 6.47.